The summed E-state index contributed by atoms with van der Waals surface area (Å²) in [5.41, 5.74) is 2.31. The maximum Gasteiger partial charge on any atom is 0.145 e. The number of fused-ring (bicyclic) bond motifs is 1. The van der Waals surface area contributed by atoms with Gasteiger partial charge in [-0.1, -0.05) is 60.7 Å². The quantitative estimate of drug-likeness (QED) is 0.862. The van der Waals surface area contributed by atoms with Crippen molar-refractivity contribution in [3.63, 3.8) is 0 Å². The Balaban J connectivity index is 1.66. The van der Waals surface area contributed by atoms with Gasteiger partial charge in [-0.2, -0.15) is 0 Å². The monoisotopic (exact) mass is 291 g/mol. The average molecular weight is 291 g/mol. The van der Waals surface area contributed by atoms with Crippen LogP contribution in [-0.4, -0.2) is 23.3 Å². The van der Waals surface area contributed by atoms with Crippen molar-refractivity contribution in [2.24, 2.45) is 0 Å². The number of hydrogen-bond acceptors (Lipinski definition) is 2. The van der Waals surface area contributed by atoms with Crippen LogP contribution in [0.5, 0.6) is 0 Å². The number of hydrogen-bond donors (Lipinski definition) is 0. The third-order valence-corrected chi connectivity index (χ3v) is 5.46. The Kier molecular flexibility index (Phi) is 3.34. The van der Waals surface area contributed by atoms with Crippen molar-refractivity contribution in [2.75, 3.05) is 6.54 Å². The van der Waals surface area contributed by atoms with E-state index in [4.69, 9.17) is 0 Å². The van der Waals surface area contributed by atoms with Gasteiger partial charge in [-0.15, -0.1) is 0 Å². The molecule has 2 heteroatoms. The van der Waals surface area contributed by atoms with Crippen molar-refractivity contribution in [3.8, 4) is 0 Å². The predicted molar refractivity (Wildman–Crippen MR) is 87.6 cm³/mol. The highest BCUT2D eigenvalue weighted by molar-refractivity contribution is 5.94. The number of rotatable bonds is 3. The first-order valence-electron chi connectivity index (χ1n) is 8.17. The fourth-order valence-corrected chi connectivity index (χ4v) is 4.44. The Bertz CT molecular complexity index is 667. The highest BCUT2D eigenvalue weighted by atomic mass is 16.1. The van der Waals surface area contributed by atoms with Gasteiger partial charge in [-0.25, -0.2) is 0 Å². The molecule has 2 aromatic rings. The Morgan fingerprint density at radius 3 is 2.41 bits per heavy atom. The Morgan fingerprint density at radius 1 is 1.00 bits per heavy atom. The lowest BCUT2D eigenvalue weighted by molar-refractivity contribution is -0.122. The van der Waals surface area contributed by atoms with Crippen molar-refractivity contribution in [1.82, 2.24) is 4.90 Å². The molecule has 22 heavy (non-hydrogen) atoms. The van der Waals surface area contributed by atoms with Crippen LogP contribution >= 0.6 is 0 Å². The second-order valence-corrected chi connectivity index (χ2v) is 6.52. The maximum atomic E-state index is 12.7. The van der Waals surface area contributed by atoms with Gasteiger partial charge in [0.2, 0.25) is 0 Å². The van der Waals surface area contributed by atoms with E-state index in [2.05, 4.69) is 59.5 Å². The predicted octanol–water partition coefficient (Wildman–Crippen LogP) is 3.56. The highest BCUT2D eigenvalue weighted by Crippen LogP contribution is 2.48. The molecule has 1 saturated heterocycles. The summed E-state index contributed by atoms with van der Waals surface area (Å²) >= 11 is 0. The zero-order chi connectivity index (χ0) is 15.0. The number of nitrogens with zero attached hydrogens (tertiary/aromatic N) is 1. The molecule has 0 aromatic heterocycles. The second-order valence-electron chi connectivity index (χ2n) is 6.52. The molecule has 0 amide bonds. The summed E-state index contributed by atoms with van der Waals surface area (Å²) in [5, 5.41) is 0. The molecular formula is C20H21NO. The van der Waals surface area contributed by atoms with E-state index in [9.17, 15) is 4.79 Å². The summed E-state index contributed by atoms with van der Waals surface area (Å²) in [7, 11) is 0. The Morgan fingerprint density at radius 2 is 1.68 bits per heavy atom. The van der Waals surface area contributed by atoms with Crippen LogP contribution < -0.4 is 0 Å². The van der Waals surface area contributed by atoms with Crippen molar-refractivity contribution in [1.29, 1.82) is 0 Å². The number of carbonyl (C=O) groups is 1. The molecule has 1 aliphatic heterocycles. The first-order valence-corrected chi connectivity index (χ1v) is 8.17. The molecular weight excluding hydrogens is 270 g/mol. The van der Waals surface area contributed by atoms with E-state index in [-0.39, 0.29) is 5.41 Å². The maximum absolute atomic E-state index is 12.7. The molecule has 2 fully saturated rings. The summed E-state index contributed by atoms with van der Waals surface area (Å²) in [6.45, 7) is 1.97. The summed E-state index contributed by atoms with van der Waals surface area (Å²) in [4.78, 5) is 15.3. The number of ketones is 1. The van der Waals surface area contributed by atoms with E-state index >= 15 is 0 Å². The van der Waals surface area contributed by atoms with Gasteiger partial charge in [0.15, 0.2) is 0 Å². The van der Waals surface area contributed by atoms with Crippen LogP contribution in [0.1, 0.15) is 30.4 Å². The van der Waals surface area contributed by atoms with Crippen molar-refractivity contribution in [2.45, 2.75) is 37.3 Å². The molecule has 1 saturated carbocycles. The third-order valence-electron chi connectivity index (χ3n) is 5.46. The molecule has 2 aliphatic rings. The van der Waals surface area contributed by atoms with Crippen molar-refractivity contribution < 1.29 is 4.79 Å². The number of carbonyl (C=O) groups excluding carboxylic acids is 1. The zero-order valence-corrected chi connectivity index (χ0v) is 12.7. The molecule has 0 bridgehead atoms. The average Bonchev–Trinajstić information content (AvgIpc) is 3.09. The van der Waals surface area contributed by atoms with Gasteiger partial charge in [-0.05, 0) is 24.0 Å². The van der Waals surface area contributed by atoms with Gasteiger partial charge in [-0.3, -0.25) is 9.69 Å². The van der Waals surface area contributed by atoms with Gasteiger partial charge >= 0.3 is 0 Å². The molecule has 0 N–H and O–H groups in total. The molecule has 1 heterocycles. The number of benzene rings is 2. The third kappa shape index (κ3) is 2.02. The van der Waals surface area contributed by atoms with Crippen LogP contribution in [-0.2, 0) is 16.8 Å². The topological polar surface area (TPSA) is 20.3 Å². The molecule has 1 aliphatic carbocycles. The molecule has 0 spiro atoms. The molecule has 4 rings (SSSR count). The molecule has 2 aromatic carbocycles. The minimum Gasteiger partial charge on any atom is -0.299 e. The molecule has 0 radical (unpaired) electrons. The minimum absolute atomic E-state index is 0.254. The van der Waals surface area contributed by atoms with Gasteiger partial charge in [0.25, 0.3) is 0 Å². The SMILES string of the molecule is O=C1CCC2N(Cc3ccccc3)CCC12c1ccccc1. The van der Waals surface area contributed by atoms with Crippen LogP contribution in [0, 0.1) is 0 Å². The normalized spacial score (nSPS) is 28.0. The summed E-state index contributed by atoms with van der Waals surface area (Å²) in [6, 6.07) is 21.4. The van der Waals surface area contributed by atoms with E-state index in [1.54, 1.807) is 0 Å². The lowest BCUT2D eigenvalue weighted by Crippen LogP contribution is -2.41. The molecule has 2 nitrogen and oxygen atoms in total. The van der Waals surface area contributed by atoms with E-state index in [1.165, 1.54) is 11.1 Å². The van der Waals surface area contributed by atoms with Gasteiger partial charge < -0.3 is 0 Å². The highest BCUT2D eigenvalue weighted by Gasteiger charge is 2.56. The summed E-state index contributed by atoms with van der Waals surface area (Å²) < 4.78 is 0. The fourth-order valence-electron chi connectivity index (χ4n) is 4.44. The number of likely N-dealkylation sites (tertiary alicyclic amines) is 1. The fraction of sp³-hybridized carbons (Fsp3) is 0.350. The smallest absolute Gasteiger partial charge is 0.145 e. The zero-order valence-electron chi connectivity index (χ0n) is 12.7. The molecule has 112 valence electrons. The lowest BCUT2D eigenvalue weighted by Gasteiger charge is -2.31. The first kappa shape index (κ1) is 13.7. The Labute approximate surface area is 131 Å². The van der Waals surface area contributed by atoms with E-state index in [0.717, 1.165) is 32.4 Å². The van der Waals surface area contributed by atoms with Crippen LogP contribution in [0.25, 0.3) is 0 Å². The lowest BCUT2D eigenvalue weighted by atomic mass is 9.75. The van der Waals surface area contributed by atoms with Crippen LogP contribution in [0.2, 0.25) is 0 Å². The second kappa shape index (κ2) is 5.36. The summed E-state index contributed by atoms with van der Waals surface area (Å²) in [5.74, 6) is 0.444. The van der Waals surface area contributed by atoms with Crippen LogP contribution in [0.4, 0.5) is 0 Å². The Hall–Kier alpha value is -1.93. The van der Waals surface area contributed by atoms with Crippen LogP contribution in [0.15, 0.2) is 60.7 Å². The summed E-state index contributed by atoms with van der Waals surface area (Å²) in [6.07, 6.45) is 2.69. The van der Waals surface area contributed by atoms with Crippen molar-refractivity contribution >= 4 is 5.78 Å². The standard InChI is InChI=1S/C20H21NO/c22-19-12-11-18-20(19,17-9-5-2-6-10-17)13-14-21(18)15-16-7-3-1-4-8-16/h1-10,18H,11-15H2. The van der Waals surface area contributed by atoms with E-state index in [0.29, 0.717) is 11.8 Å². The minimum atomic E-state index is -0.254. The van der Waals surface area contributed by atoms with Crippen molar-refractivity contribution in [3.05, 3.63) is 71.8 Å². The van der Waals surface area contributed by atoms with Gasteiger partial charge in [0, 0.05) is 25.6 Å². The van der Waals surface area contributed by atoms with E-state index in [1.807, 2.05) is 6.07 Å². The van der Waals surface area contributed by atoms with Crippen LogP contribution in [0.3, 0.4) is 0 Å². The number of Topliss-reactive ketones (excluding diaryl/α,β-unsaturated/α-hetero) is 1. The van der Waals surface area contributed by atoms with Gasteiger partial charge in [0.1, 0.15) is 5.78 Å². The molecule has 2 atom stereocenters. The largest absolute Gasteiger partial charge is 0.299 e. The first-order chi connectivity index (χ1) is 10.8. The van der Waals surface area contributed by atoms with E-state index < -0.39 is 0 Å². The molecule has 2 unspecified atom stereocenters. The van der Waals surface area contributed by atoms with Gasteiger partial charge in [0.05, 0.1) is 5.41 Å².